The van der Waals surface area contributed by atoms with E-state index in [1.165, 1.54) is 6.42 Å². The van der Waals surface area contributed by atoms with E-state index in [2.05, 4.69) is 58.1 Å². The molecule has 0 N–H and O–H groups in total. The molecular weight excluding hydrogens is 172 g/mol. The molecule has 1 aliphatic rings. The highest BCUT2D eigenvalue weighted by Gasteiger charge is 2.37. The van der Waals surface area contributed by atoms with Gasteiger partial charge in [0, 0.05) is 10.00 Å². The molecule has 0 aliphatic carbocycles. The molecule has 0 saturated carbocycles. The van der Waals surface area contributed by atoms with E-state index < -0.39 is 0 Å². The highest BCUT2D eigenvalue weighted by molar-refractivity contribution is 8.19. The maximum Gasteiger partial charge on any atom is 0.0563 e. The summed E-state index contributed by atoms with van der Waals surface area (Å²) in [5.74, 6) is 0. The summed E-state index contributed by atoms with van der Waals surface area (Å²) in [6, 6.07) is 0. The Balaban J connectivity index is 2.66. The zero-order valence-electron chi connectivity index (χ0n) is 8.10. The minimum Gasteiger partial charge on any atom is -0.142 e. The second-order valence-corrected chi connectivity index (χ2v) is 9.04. The number of hydrogen-bond donors (Lipinski definition) is 0. The molecular formula is C9H18S2. The first-order valence-electron chi connectivity index (χ1n) is 4.19. The van der Waals surface area contributed by atoms with E-state index in [9.17, 15) is 0 Å². The topological polar surface area (TPSA) is 0 Å². The maximum absolute atomic E-state index is 2.36. The minimum absolute atomic E-state index is 0.418. The normalized spacial score (nSPS) is 35.2. The van der Waals surface area contributed by atoms with Crippen LogP contribution in [0.15, 0.2) is 0 Å². The fraction of sp³-hybridized carbons (Fsp3) is 1.00. The first kappa shape index (κ1) is 9.79. The molecule has 1 atom stereocenters. The van der Waals surface area contributed by atoms with Gasteiger partial charge in [0.2, 0.25) is 0 Å². The number of thioether (sulfide) groups is 2. The summed E-state index contributed by atoms with van der Waals surface area (Å²) in [5, 5.41) is 0.821. The van der Waals surface area contributed by atoms with Gasteiger partial charge in [-0.1, -0.05) is 20.8 Å². The Morgan fingerprint density at radius 3 is 2.09 bits per heavy atom. The average Bonchev–Trinajstić information content (AvgIpc) is 1.49. The first-order chi connectivity index (χ1) is 4.81. The molecule has 1 unspecified atom stereocenters. The molecule has 66 valence electrons. The van der Waals surface area contributed by atoms with E-state index in [1.54, 1.807) is 0 Å². The van der Waals surface area contributed by atoms with Crippen LogP contribution in [0.2, 0.25) is 0 Å². The Morgan fingerprint density at radius 2 is 1.73 bits per heavy atom. The van der Waals surface area contributed by atoms with Crippen LogP contribution in [0.4, 0.5) is 0 Å². The molecule has 0 aromatic carbocycles. The van der Waals surface area contributed by atoms with Crippen molar-refractivity contribution in [3.05, 3.63) is 0 Å². The lowest BCUT2D eigenvalue weighted by atomic mass is 10.1. The summed E-state index contributed by atoms with van der Waals surface area (Å²) in [6.45, 7) is 11.7. The third-order valence-corrected chi connectivity index (χ3v) is 4.67. The second-order valence-electron chi connectivity index (χ2n) is 4.39. The fourth-order valence-electron chi connectivity index (χ4n) is 1.95. The van der Waals surface area contributed by atoms with Gasteiger partial charge in [-0.25, -0.2) is 0 Å². The van der Waals surface area contributed by atoms with Crippen molar-refractivity contribution in [3.63, 3.8) is 0 Å². The molecule has 0 bridgehead atoms. The van der Waals surface area contributed by atoms with Crippen LogP contribution in [0.3, 0.4) is 0 Å². The van der Waals surface area contributed by atoms with Gasteiger partial charge in [-0.2, -0.15) is 0 Å². The van der Waals surface area contributed by atoms with Gasteiger partial charge in [0.1, 0.15) is 0 Å². The van der Waals surface area contributed by atoms with Crippen LogP contribution in [-0.2, 0) is 0 Å². The minimum atomic E-state index is 0.418. The zero-order valence-corrected chi connectivity index (χ0v) is 9.73. The third-order valence-electron chi connectivity index (χ3n) is 1.79. The largest absolute Gasteiger partial charge is 0.142 e. The summed E-state index contributed by atoms with van der Waals surface area (Å²) in [5.41, 5.74) is 0. The Bertz CT molecular complexity index is 134. The summed E-state index contributed by atoms with van der Waals surface area (Å²) in [4.78, 5) is 0. The van der Waals surface area contributed by atoms with Crippen LogP contribution in [0.5, 0.6) is 0 Å². The van der Waals surface area contributed by atoms with Gasteiger partial charge in [-0.15, -0.1) is 23.5 Å². The molecule has 11 heavy (non-hydrogen) atoms. The summed E-state index contributed by atoms with van der Waals surface area (Å²) in [6.07, 6.45) is 1.34. The quantitative estimate of drug-likeness (QED) is 0.570. The van der Waals surface area contributed by atoms with Gasteiger partial charge in [-0.05, 0) is 20.3 Å². The average molecular weight is 190 g/mol. The highest BCUT2D eigenvalue weighted by Crippen LogP contribution is 2.53. The molecule has 1 aliphatic heterocycles. The van der Waals surface area contributed by atoms with Crippen LogP contribution in [0, 0.1) is 0 Å². The Kier molecular flexibility index (Phi) is 2.56. The van der Waals surface area contributed by atoms with Crippen LogP contribution in [0.25, 0.3) is 0 Å². The highest BCUT2D eigenvalue weighted by atomic mass is 32.2. The second kappa shape index (κ2) is 2.88. The van der Waals surface area contributed by atoms with E-state index >= 15 is 0 Å². The van der Waals surface area contributed by atoms with Crippen molar-refractivity contribution in [3.8, 4) is 0 Å². The zero-order chi connectivity index (χ0) is 8.70. The third kappa shape index (κ3) is 2.90. The molecule has 0 aromatic heterocycles. The van der Waals surface area contributed by atoms with Gasteiger partial charge < -0.3 is 0 Å². The predicted octanol–water partition coefficient (Wildman–Crippen LogP) is 3.76. The first-order valence-corrected chi connectivity index (χ1v) is 5.88. The lowest BCUT2D eigenvalue weighted by Crippen LogP contribution is -2.33. The predicted molar refractivity (Wildman–Crippen MR) is 57.4 cm³/mol. The smallest absolute Gasteiger partial charge is 0.0563 e. The van der Waals surface area contributed by atoms with E-state index in [4.69, 9.17) is 0 Å². The molecule has 0 amide bonds. The summed E-state index contributed by atoms with van der Waals surface area (Å²) in [7, 11) is 0. The summed E-state index contributed by atoms with van der Waals surface area (Å²) >= 11 is 4.22. The Labute approximate surface area is 78.9 Å². The van der Waals surface area contributed by atoms with Crippen molar-refractivity contribution in [2.24, 2.45) is 0 Å². The molecule has 1 saturated heterocycles. The van der Waals surface area contributed by atoms with Gasteiger partial charge >= 0.3 is 0 Å². The molecule has 0 radical (unpaired) electrons. The standard InChI is InChI=1S/C9H18S2/c1-7-6-8(2,3)11-9(4,5)10-7/h7H,6H2,1-5H3. The van der Waals surface area contributed by atoms with Gasteiger partial charge in [-0.3, -0.25) is 0 Å². The molecule has 1 rings (SSSR count). The monoisotopic (exact) mass is 190 g/mol. The summed E-state index contributed by atoms with van der Waals surface area (Å²) < 4.78 is 0.898. The van der Waals surface area contributed by atoms with Crippen LogP contribution < -0.4 is 0 Å². The van der Waals surface area contributed by atoms with E-state index in [1.807, 2.05) is 0 Å². The number of hydrogen-bond acceptors (Lipinski definition) is 2. The van der Waals surface area contributed by atoms with Crippen LogP contribution in [0.1, 0.15) is 41.0 Å². The molecule has 0 spiro atoms. The van der Waals surface area contributed by atoms with Crippen LogP contribution >= 0.6 is 23.5 Å². The van der Waals surface area contributed by atoms with Gasteiger partial charge in [0.05, 0.1) is 4.08 Å². The fourth-order valence-corrected chi connectivity index (χ4v) is 6.55. The van der Waals surface area contributed by atoms with E-state index in [0.29, 0.717) is 8.83 Å². The van der Waals surface area contributed by atoms with E-state index in [0.717, 1.165) is 5.25 Å². The maximum atomic E-state index is 2.36. The molecule has 1 fully saturated rings. The number of rotatable bonds is 0. The SMILES string of the molecule is CC1CC(C)(C)SC(C)(C)S1. The van der Waals surface area contributed by atoms with Gasteiger partial charge in [0.15, 0.2) is 0 Å². The van der Waals surface area contributed by atoms with E-state index in [-0.39, 0.29) is 0 Å². The lowest BCUT2D eigenvalue weighted by molar-refractivity contribution is 0.619. The van der Waals surface area contributed by atoms with Crippen molar-refractivity contribution >= 4 is 23.5 Å². The van der Waals surface area contributed by atoms with Crippen molar-refractivity contribution in [1.29, 1.82) is 0 Å². The van der Waals surface area contributed by atoms with Crippen LogP contribution in [-0.4, -0.2) is 14.1 Å². The molecule has 0 nitrogen and oxygen atoms in total. The van der Waals surface area contributed by atoms with Crippen molar-refractivity contribution in [2.75, 3.05) is 0 Å². The Morgan fingerprint density at radius 1 is 1.18 bits per heavy atom. The molecule has 1 heterocycles. The van der Waals surface area contributed by atoms with Gasteiger partial charge in [0.25, 0.3) is 0 Å². The molecule has 2 heteroatoms. The van der Waals surface area contributed by atoms with Crippen molar-refractivity contribution < 1.29 is 0 Å². The molecule has 0 aromatic rings. The van der Waals surface area contributed by atoms with Crippen molar-refractivity contribution in [2.45, 2.75) is 55.1 Å². The lowest BCUT2D eigenvalue weighted by Gasteiger charge is -2.42. The Hall–Kier alpha value is 0.700. The van der Waals surface area contributed by atoms with Crippen molar-refractivity contribution in [1.82, 2.24) is 0 Å².